The molecule has 4 rings (SSSR count). The molecular weight excluding hydrogens is 360 g/mol. The van der Waals surface area contributed by atoms with Crippen LogP contribution in [0.2, 0.25) is 0 Å². The molecule has 2 aromatic rings. The van der Waals surface area contributed by atoms with Crippen LogP contribution in [0.15, 0.2) is 53.4 Å². The summed E-state index contributed by atoms with van der Waals surface area (Å²) in [6.07, 6.45) is 2.84. The highest BCUT2D eigenvalue weighted by atomic mass is 32.2. The van der Waals surface area contributed by atoms with Gasteiger partial charge in [0.1, 0.15) is 0 Å². The van der Waals surface area contributed by atoms with Gasteiger partial charge in [0.05, 0.1) is 10.6 Å². The number of carbonyl (C=O) groups excluding carboxylic acids is 1. The van der Waals surface area contributed by atoms with Gasteiger partial charge in [0.25, 0.3) is 15.9 Å². The standard InChI is InChI=1S/C21H24N2O3S/c1-16-6-5-12-22(15-16)21(24)18-8-4-9-19(14-18)27(25,26)23-13-11-17-7-2-3-10-20(17)23/h2-4,7-10,14,16H,5-6,11-13,15H2,1H3/t16-/m0/s1. The largest absolute Gasteiger partial charge is 0.338 e. The number of nitrogens with zero attached hydrogens (tertiary/aromatic N) is 2. The summed E-state index contributed by atoms with van der Waals surface area (Å²) in [5.41, 5.74) is 2.22. The fourth-order valence-corrected chi connectivity index (χ4v) is 5.58. The lowest BCUT2D eigenvalue weighted by Gasteiger charge is -2.31. The lowest BCUT2D eigenvalue weighted by molar-refractivity contribution is 0.0683. The molecule has 2 aliphatic rings. The van der Waals surface area contributed by atoms with Crippen molar-refractivity contribution in [2.24, 2.45) is 5.92 Å². The number of fused-ring (bicyclic) bond motifs is 1. The van der Waals surface area contributed by atoms with Crippen LogP contribution in [0.4, 0.5) is 5.69 Å². The lowest BCUT2D eigenvalue weighted by Crippen LogP contribution is -2.39. The summed E-state index contributed by atoms with van der Waals surface area (Å²) in [7, 11) is -3.69. The third kappa shape index (κ3) is 3.34. The van der Waals surface area contributed by atoms with Gasteiger partial charge in [-0.25, -0.2) is 8.42 Å². The van der Waals surface area contributed by atoms with Crippen LogP contribution in [0.3, 0.4) is 0 Å². The predicted molar refractivity (Wildman–Crippen MR) is 105 cm³/mol. The number of hydrogen-bond donors (Lipinski definition) is 0. The van der Waals surface area contributed by atoms with Gasteiger partial charge in [0.2, 0.25) is 0 Å². The number of likely N-dealkylation sites (tertiary alicyclic amines) is 1. The second-order valence-electron chi connectivity index (χ2n) is 7.48. The third-order valence-electron chi connectivity index (χ3n) is 5.46. The summed E-state index contributed by atoms with van der Waals surface area (Å²) in [5.74, 6) is 0.399. The Morgan fingerprint density at radius 1 is 1.07 bits per heavy atom. The van der Waals surface area contributed by atoms with E-state index in [1.165, 1.54) is 10.4 Å². The van der Waals surface area contributed by atoms with Gasteiger partial charge in [-0.3, -0.25) is 9.10 Å². The molecule has 5 nitrogen and oxygen atoms in total. The fraction of sp³-hybridized carbons (Fsp3) is 0.381. The Balaban J connectivity index is 1.63. The van der Waals surface area contributed by atoms with E-state index in [9.17, 15) is 13.2 Å². The van der Waals surface area contributed by atoms with E-state index in [-0.39, 0.29) is 10.8 Å². The minimum Gasteiger partial charge on any atom is -0.338 e. The lowest BCUT2D eigenvalue weighted by atomic mass is 9.99. The minimum absolute atomic E-state index is 0.0829. The smallest absolute Gasteiger partial charge is 0.264 e. The van der Waals surface area contributed by atoms with Crippen molar-refractivity contribution in [1.29, 1.82) is 0 Å². The molecule has 0 N–H and O–H groups in total. The number of anilines is 1. The van der Waals surface area contributed by atoms with Gasteiger partial charge in [-0.05, 0) is 55.0 Å². The van der Waals surface area contributed by atoms with Crippen molar-refractivity contribution in [2.75, 3.05) is 23.9 Å². The molecule has 0 bridgehead atoms. The summed E-state index contributed by atoms with van der Waals surface area (Å²) in [5, 5.41) is 0. The maximum Gasteiger partial charge on any atom is 0.264 e. The highest BCUT2D eigenvalue weighted by Gasteiger charge is 2.31. The molecule has 142 valence electrons. The molecule has 0 saturated carbocycles. The van der Waals surface area contributed by atoms with Crippen LogP contribution in [0, 0.1) is 5.92 Å². The summed E-state index contributed by atoms with van der Waals surface area (Å²) >= 11 is 0. The molecule has 1 atom stereocenters. The number of piperidine rings is 1. The van der Waals surface area contributed by atoms with Crippen molar-refractivity contribution in [3.63, 3.8) is 0 Å². The van der Waals surface area contributed by atoms with Crippen LogP contribution in [-0.4, -0.2) is 38.9 Å². The second kappa shape index (κ2) is 7.00. The normalized spacial score (nSPS) is 19.8. The molecule has 1 fully saturated rings. The van der Waals surface area contributed by atoms with Crippen LogP contribution in [-0.2, 0) is 16.4 Å². The zero-order valence-corrected chi connectivity index (χ0v) is 16.3. The molecule has 0 aromatic heterocycles. The minimum atomic E-state index is -3.69. The van der Waals surface area contributed by atoms with E-state index in [2.05, 4.69) is 6.92 Å². The van der Waals surface area contributed by atoms with Crippen molar-refractivity contribution in [2.45, 2.75) is 31.1 Å². The van der Waals surface area contributed by atoms with E-state index in [1.807, 2.05) is 29.2 Å². The maximum atomic E-state index is 13.2. The molecule has 1 saturated heterocycles. The van der Waals surface area contributed by atoms with Gasteiger partial charge >= 0.3 is 0 Å². The zero-order chi connectivity index (χ0) is 19.0. The van der Waals surface area contributed by atoms with E-state index >= 15 is 0 Å². The van der Waals surface area contributed by atoms with Crippen molar-refractivity contribution < 1.29 is 13.2 Å². The van der Waals surface area contributed by atoms with Crippen LogP contribution in [0.5, 0.6) is 0 Å². The van der Waals surface area contributed by atoms with Gasteiger partial charge < -0.3 is 4.90 Å². The van der Waals surface area contributed by atoms with Crippen LogP contribution >= 0.6 is 0 Å². The molecule has 2 aliphatic heterocycles. The molecule has 0 unspecified atom stereocenters. The summed E-state index contributed by atoms with van der Waals surface area (Å²) in [4.78, 5) is 14.9. The van der Waals surface area contributed by atoms with Gasteiger partial charge in [-0.1, -0.05) is 31.2 Å². The Morgan fingerprint density at radius 3 is 2.70 bits per heavy atom. The number of para-hydroxylation sites is 1. The quantitative estimate of drug-likeness (QED) is 0.816. The van der Waals surface area contributed by atoms with Crippen LogP contribution in [0.25, 0.3) is 0 Å². The molecule has 2 aromatic carbocycles. The number of hydrogen-bond acceptors (Lipinski definition) is 3. The van der Waals surface area contributed by atoms with Crippen molar-refractivity contribution in [3.05, 3.63) is 59.7 Å². The number of rotatable bonds is 3. The Hall–Kier alpha value is -2.34. The van der Waals surface area contributed by atoms with E-state index < -0.39 is 10.0 Å². The van der Waals surface area contributed by atoms with Gasteiger partial charge in [0.15, 0.2) is 0 Å². The number of sulfonamides is 1. The average molecular weight is 385 g/mol. The first-order valence-electron chi connectivity index (χ1n) is 9.47. The molecule has 27 heavy (non-hydrogen) atoms. The monoisotopic (exact) mass is 384 g/mol. The highest BCUT2D eigenvalue weighted by molar-refractivity contribution is 7.92. The average Bonchev–Trinajstić information content (AvgIpc) is 3.12. The molecule has 1 amide bonds. The number of benzene rings is 2. The van der Waals surface area contributed by atoms with E-state index in [0.29, 0.717) is 24.4 Å². The fourth-order valence-electron chi connectivity index (χ4n) is 4.03. The van der Waals surface area contributed by atoms with E-state index in [1.54, 1.807) is 18.2 Å². The van der Waals surface area contributed by atoms with Gasteiger partial charge in [0, 0.05) is 25.2 Å². The van der Waals surface area contributed by atoms with Crippen molar-refractivity contribution in [3.8, 4) is 0 Å². The van der Waals surface area contributed by atoms with E-state index in [0.717, 1.165) is 37.2 Å². The molecule has 0 aliphatic carbocycles. The summed E-state index contributed by atoms with van der Waals surface area (Å²) < 4.78 is 27.9. The molecule has 6 heteroatoms. The SMILES string of the molecule is C[C@H]1CCCN(C(=O)c2cccc(S(=O)(=O)N3CCc4ccccc43)c2)C1. The van der Waals surface area contributed by atoms with Crippen LogP contribution in [0.1, 0.15) is 35.7 Å². The first-order chi connectivity index (χ1) is 13.0. The summed E-state index contributed by atoms with van der Waals surface area (Å²) in [6, 6.07) is 14.0. The molecule has 0 spiro atoms. The van der Waals surface area contributed by atoms with Crippen LogP contribution < -0.4 is 4.31 Å². The Morgan fingerprint density at radius 2 is 1.89 bits per heavy atom. The Labute approximate surface area is 160 Å². The third-order valence-corrected chi connectivity index (χ3v) is 7.27. The second-order valence-corrected chi connectivity index (χ2v) is 9.34. The first kappa shape index (κ1) is 18.0. The van der Waals surface area contributed by atoms with Gasteiger partial charge in [-0.15, -0.1) is 0 Å². The Kier molecular flexibility index (Phi) is 4.68. The molecular formula is C21H24N2O3S. The zero-order valence-electron chi connectivity index (χ0n) is 15.5. The predicted octanol–water partition coefficient (Wildman–Crippen LogP) is 3.31. The van der Waals surface area contributed by atoms with Crippen molar-refractivity contribution >= 4 is 21.6 Å². The molecule has 0 radical (unpaired) electrons. The summed E-state index contributed by atoms with van der Waals surface area (Å²) in [6.45, 7) is 4.05. The number of amides is 1. The van der Waals surface area contributed by atoms with Gasteiger partial charge in [-0.2, -0.15) is 0 Å². The Bertz CT molecular complexity index is 971. The van der Waals surface area contributed by atoms with E-state index in [4.69, 9.17) is 0 Å². The topological polar surface area (TPSA) is 57.7 Å². The number of carbonyl (C=O) groups is 1. The first-order valence-corrected chi connectivity index (χ1v) is 10.9. The highest BCUT2D eigenvalue weighted by Crippen LogP contribution is 2.33. The van der Waals surface area contributed by atoms with Crippen molar-refractivity contribution in [1.82, 2.24) is 4.90 Å². The maximum absolute atomic E-state index is 13.2. The molecule has 2 heterocycles.